The number of hydrogen-bond donors (Lipinski definition) is 4. The first-order valence-corrected chi connectivity index (χ1v) is 6.74. The minimum atomic E-state index is -3.55. The van der Waals surface area contributed by atoms with Crippen molar-refractivity contribution in [3.8, 4) is 0 Å². The number of anilines is 1. The molecule has 0 saturated heterocycles. The zero-order valence-electron chi connectivity index (χ0n) is 9.20. The van der Waals surface area contributed by atoms with Crippen LogP contribution in [0, 0.1) is 0 Å². The van der Waals surface area contributed by atoms with E-state index in [4.69, 9.17) is 15.4 Å². The van der Waals surface area contributed by atoms with Crippen molar-refractivity contribution in [2.45, 2.75) is 11.9 Å². The van der Waals surface area contributed by atoms with Crippen LogP contribution in [0.1, 0.15) is 5.56 Å². The molecule has 17 heavy (non-hydrogen) atoms. The normalized spacial score (nSPS) is 13.4. The van der Waals surface area contributed by atoms with Gasteiger partial charge in [0.15, 0.2) is 0 Å². The third-order valence-corrected chi connectivity index (χ3v) is 2.78. The van der Waals surface area contributed by atoms with Crippen molar-refractivity contribution in [2.24, 2.45) is 5.14 Å². The number of nitrogens with two attached hydrogens (primary N) is 1. The van der Waals surface area contributed by atoms with E-state index in [1.54, 1.807) is 24.3 Å². The second-order valence-electron chi connectivity index (χ2n) is 3.72. The van der Waals surface area contributed by atoms with Crippen LogP contribution >= 0.6 is 0 Å². The van der Waals surface area contributed by atoms with Gasteiger partial charge in [-0.15, -0.1) is 0 Å². The van der Waals surface area contributed by atoms with Crippen LogP contribution in [-0.4, -0.2) is 37.9 Å². The first kappa shape index (κ1) is 13.9. The Hall–Kier alpha value is -1.15. The predicted molar refractivity (Wildman–Crippen MR) is 64.8 cm³/mol. The van der Waals surface area contributed by atoms with Gasteiger partial charge < -0.3 is 15.5 Å². The highest BCUT2D eigenvalue weighted by atomic mass is 32.2. The highest BCUT2D eigenvalue weighted by Crippen LogP contribution is 2.12. The average Bonchev–Trinajstić information content (AvgIpc) is 2.24. The molecular formula is C10H16N2O4S. The summed E-state index contributed by atoms with van der Waals surface area (Å²) in [6, 6.07) is 6.71. The van der Waals surface area contributed by atoms with Crippen LogP contribution < -0.4 is 10.5 Å². The van der Waals surface area contributed by atoms with Crippen LogP contribution in [0.5, 0.6) is 0 Å². The largest absolute Gasteiger partial charge is 0.394 e. The van der Waals surface area contributed by atoms with E-state index in [1.165, 1.54) is 0 Å². The van der Waals surface area contributed by atoms with Gasteiger partial charge in [-0.3, -0.25) is 0 Å². The maximum atomic E-state index is 10.9. The molecule has 0 spiro atoms. The van der Waals surface area contributed by atoms with Gasteiger partial charge in [0.25, 0.3) is 0 Å². The molecule has 1 aromatic carbocycles. The Morgan fingerprint density at radius 2 is 2.12 bits per heavy atom. The molecule has 0 aliphatic heterocycles. The van der Waals surface area contributed by atoms with Crippen molar-refractivity contribution in [1.82, 2.24) is 0 Å². The van der Waals surface area contributed by atoms with E-state index in [0.717, 1.165) is 0 Å². The van der Waals surface area contributed by atoms with Crippen LogP contribution in [0.15, 0.2) is 24.3 Å². The molecule has 1 unspecified atom stereocenters. The van der Waals surface area contributed by atoms with E-state index >= 15 is 0 Å². The fraction of sp³-hybridized carbons (Fsp3) is 0.400. The molecule has 0 bridgehead atoms. The predicted octanol–water partition coefficient (Wildman–Crippen LogP) is -0.760. The van der Waals surface area contributed by atoms with Crippen molar-refractivity contribution in [2.75, 3.05) is 18.5 Å². The molecule has 0 radical (unpaired) electrons. The van der Waals surface area contributed by atoms with Gasteiger partial charge in [0, 0.05) is 12.2 Å². The number of nitrogens with one attached hydrogen (secondary N) is 1. The minimum absolute atomic E-state index is 0.190. The highest BCUT2D eigenvalue weighted by molar-refractivity contribution is 7.88. The molecule has 0 aliphatic rings. The van der Waals surface area contributed by atoms with Crippen molar-refractivity contribution in [3.63, 3.8) is 0 Å². The van der Waals surface area contributed by atoms with Crippen molar-refractivity contribution in [3.05, 3.63) is 29.8 Å². The summed E-state index contributed by atoms with van der Waals surface area (Å²) >= 11 is 0. The first-order valence-electron chi connectivity index (χ1n) is 5.03. The zero-order valence-corrected chi connectivity index (χ0v) is 10.0. The second kappa shape index (κ2) is 5.97. The van der Waals surface area contributed by atoms with Crippen LogP contribution in [0.25, 0.3) is 0 Å². The van der Waals surface area contributed by atoms with Crippen LogP contribution in [0.4, 0.5) is 5.69 Å². The third-order valence-electron chi connectivity index (χ3n) is 2.05. The van der Waals surface area contributed by atoms with Crippen molar-refractivity contribution < 1.29 is 18.6 Å². The zero-order chi connectivity index (χ0) is 12.9. The van der Waals surface area contributed by atoms with Gasteiger partial charge in [0.1, 0.15) is 0 Å². The van der Waals surface area contributed by atoms with Gasteiger partial charge >= 0.3 is 0 Å². The molecule has 7 heteroatoms. The summed E-state index contributed by atoms with van der Waals surface area (Å²) in [6.07, 6.45) is -0.850. The van der Waals surface area contributed by atoms with E-state index < -0.39 is 16.1 Å². The van der Waals surface area contributed by atoms with Crippen LogP contribution in [-0.2, 0) is 15.8 Å². The molecule has 5 N–H and O–H groups in total. The van der Waals surface area contributed by atoms with Crippen LogP contribution in [0.3, 0.4) is 0 Å². The summed E-state index contributed by atoms with van der Waals surface area (Å²) in [4.78, 5) is 0. The second-order valence-corrected chi connectivity index (χ2v) is 5.34. The maximum absolute atomic E-state index is 10.9. The molecule has 0 amide bonds. The van der Waals surface area contributed by atoms with Gasteiger partial charge in [0.2, 0.25) is 10.0 Å². The van der Waals surface area contributed by atoms with Crippen LogP contribution in [0.2, 0.25) is 0 Å². The average molecular weight is 260 g/mol. The number of rotatable bonds is 6. The molecule has 96 valence electrons. The summed E-state index contributed by atoms with van der Waals surface area (Å²) < 4.78 is 21.8. The Morgan fingerprint density at radius 1 is 1.41 bits per heavy atom. The van der Waals surface area contributed by atoms with E-state index in [1.807, 2.05) is 0 Å². The summed E-state index contributed by atoms with van der Waals surface area (Å²) in [5, 5.41) is 25.6. The lowest BCUT2D eigenvalue weighted by atomic mass is 10.2. The topological polar surface area (TPSA) is 113 Å². The van der Waals surface area contributed by atoms with Gasteiger partial charge in [0.05, 0.1) is 18.5 Å². The summed E-state index contributed by atoms with van der Waals surface area (Å²) in [5.74, 6) is -0.231. The molecular weight excluding hydrogens is 244 g/mol. The fourth-order valence-electron chi connectivity index (χ4n) is 1.30. The number of hydrogen-bond acceptors (Lipinski definition) is 5. The molecule has 0 heterocycles. The number of benzene rings is 1. The Morgan fingerprint density at radius 3 is 2.71 bits per heavy atom. The Balaban J connectivity index is 2.66. The van der Waals surface area contributed by atoms with Gasteiger partial charge in [-0.25, -0.2) is 13.6 Å². The van der Waals surface area contributed by atoms with Gasteiger partial charge in [-0.05, 0) is 17.7 Å². The first-order chi connectivity index (χ1) is 7.90. The Kier molecular flexibility index (Phi) is 4.88. The van der Waals surface area contributed by atoms with E-state index in [2.05, 4.69) is 5.32 Å². The molecule has 0 aliphatic carbocycles. The van der Waals surface area contributed by atoms with E-state index in [-0.39, 0.29) is 18.9 Å². The molecule has 6 nitrogen and oxygen atoms in total. The standard InChI is InChI=1S/C10H16N2O4S/c11-17(15,16)7-8-2-1-3-9(4-8)12-5-10(14)6-13/h1-4,10,12-14H,5-7H2,(H2,11,15,16). The minimum Gasteiger partial charge on any atom is -0.394 e. The number of aliphatic hydroxyl groups excluding tert-OH is 2. The molecule has 0 aromatic heterocycles. The van der Waals surface area contributed by atoms with Crippen molar-refractivity contribution in [1.29, 1.82) is 0 Å². The maximum Gasteiger partial charge on any atom is 0.213 e. The van der Waals surface area contributed by atoms with E-state index in [9.17, 15) is 8.42 Å². The molecule has 1 rings (SSSR count). The lowest BCUT2D eigenvalue weighted by Crippen LogP contribution is -2.23. The summed E-state index contributed by atoms with van der Waals surface area (Å²) in [7, 11) is -3.55. The number of primary sulfonamides is 1. The Bertz CT molecular complexity index is 461. The van der Waals surface area contributed by atoms with Gasteiger partial charge in [-0.1, -0.05) is 12.1 Å². The molecule has 1 aromatic rings. The Labute approximate surface area is 100 Å². The quantitative estimate of drug-likeness (QED) is 0.537. The molecule has 1 atom stereocenters. The van der Waals surface area contributed by atoms with Gasteiger partial charge in [-0.2, -0.15) is 0 Å². The highest BCUT2D eigenvalue weighted by Gasteiger charge is 2.06. The SMILES string of the molecule is NS(=O)(=O)Cc1cccc(NCC(O)CO)c1. The molecule has 0 saturated carbocycles. The lowest BCUT2D eigenvalue weighted by Gasteiger charge is -2.11. The smallest absolute Gasteiger partial charge is 0.213 e. The molecule has 0 fully saturated rings. The van der Waals surface area contributed by atoms with Crippen molar-refractivity contribution >= 4 is 15.7 Å². The number of aliphatic hydroxyl groups is 2. The summed E-state index contributed by atoms with van der Waals surface area (Å²) in [6.45, 7) is -0.140. The third kappa shape index (κ3) is 5.64. The number of sulfonamides is 1. The summed E-state index contributed by atoms with van der Waals surface area (Å²) in [5.41, 5.74) is 1.23. The van der Waals surface area contributed by atoms with E-state index in [0.29, 0.717) is 11.3 Å². The lowest BCUT2D eigenvalue weighted by molar-refractivity contribution is 0.105. The fourth-order valence-corrected chi connectivity index (χ4v) is 1.95. The monoisotopic (exact) mass is 260 g/mol.